The van der Waals surface area contributed by atoms with Crippen LogP contribution in [0.3, 0.4) is 0 Å². The molecular formula is C68H87ClF3N12O8+. The molecule has 2 atom stereocenters. The Labute approximate surface area is 541 Å². The highest BCUT2D eigenvalue weighted by atomic mass is 35.5. The van der Waals surface area contributed by atoms with Gasteiger partial charge in [-0.1, -0.05) is 35.9 Å². The Balaban J connectivity index is 0.619. The Kier molecular flexibility index (Phi) is 20.2. The SMILES string of the molecule is CC(C)(C)OC(=O)N(CC(=O)N1CCCC(c2ccc(F)c(C(=O)N3CCC(OC4CCN(CC(=O)N5CCN(CC[C@H]([NH+]=C6N(C(=O)OC(C)(C)C)C67CCN(c6ncnc8[nH]ccc68)CC7)c6ccc(Cl)cc6)CC5)CC4)CC3)c2)C1)Cc1ccc(F)cc1F. The van der Waals surface area contributed by atoms with E-state index in [1.165, 1.54) is 12.1 Å². The van der Waals surface area contributed by atoms with Crippen LogP contribution < -0.4 is 9.89 Å². The number of fused-ring (bicyclic) bond motifs is 1. The number of hydrogen-bond acceptors (Lipinski definition) is 13. The van der Waals surface area contributed by atoms with Crippen molar-refractivity contribution in [3.05, 3.63) is 124 Å². The van der Waals surface area contributed by atoms with Crippen LogP contribution >= 0.6 is 11.6 Å². The molecule has 0 aliphatic carbocycles. The van der Waals surface area contributed by atoms with Gasteiger partial charge in [0.25, 0.3) is 5.91 Å². The van der Waals surface area contributed by atoms with E-state index in [0.717, 1.165) is 103 Å². The van der Waals surface area contributed by atoms with Gasteiger partial charge in [0.2, 0.25) is 17.4 Å². The number of anilines is 1. The van der Waals surface area contributed by atoms with Gasteiger partial charge in [-0.15, -0.1) is 4.90 Å². The van der Waals surface area contributed by atoms with Gasteiger partial charge in [0.15, 0.2) is 0 Å². The lowest BCUT2D eigenvalue weighted by molar-refractivity contribution is -0.511. The van der Waals surface area contributed by atoms with Crippen molar-refractivity contribution in [3.63, 3.8) is 0 Å². The largest absolute Gasteiger partial charge is 0.508 e. The maximum atomic E-state index is 15.6. The lowest BCUT2D eigenvalue weighted by Crippen LogP contribution is -2.74. The molecular weight excluding hydrogens is 1210 g/mol. The fourth-order valence-corrected chi connectivity index (χ4v) is 13.8. The smallest absolute Gasteiger partial charge is 0.444 e. The summed E-state index contributed by atoms with van der Waals surface area (Å²) in [7, 11) is 0. The molecule has 2 N–H and O–H groups in total. The molecule has 1 spiro atoms. The Morgan fingerprint density at radius 3 is 2.11 bits per heavy atom. The summed E-state index contributed by atoms with van der Waals surface area (Å²) < 4.78 is 62.2. The van der Waals surface area contributed by atoms with Crippen LogP contribution in [0.25, 0.3) is 11.0 Å². The van der Waals surface area contributed by atoms with Gasteiger partial charge >= 0.3 is 18.0 Å². The zero-order chi connectivity index (χ0) is 65.1. The Morgan fingerprint density at radius 2 is 1.42 bits per heavy atom. The van der Waals surface area contributed by atoms with Crippen LogP contribution in [0.4, 0.5) is 28.6 Å². The third-order valence-corrected chi connectivity index (χ3v) is 19.0. The van der Waals surface area contributed by atoms with Crippen LogP contribution in [0.5, 0.6) is 0 Å². The summed E-state index contributed by atoms with van der Waals surface area (Å²) in [5.74, 6) is -1.35. The summed E-state index contributed by atoms with van der Waals surface area (Å²) in [6.45, 7) is 18.3. The molecule has 6 aliphatic heterocycles. The highest BCUT2D eigenvalue weighted by Gasteiger charge is 2.74. The summed E-state index contributed by atoms with van der Waals surface area (Å²) >= 11 is 6.40. The van der Waals surface area contributed by atoms with Crippen molar-refractivity contribution < 1.29 is 56.3 Å². The highest BCUT2D eigenvalue weighted by molar-refractivity contribution is 6.30. The maximum absolute atomic E-state index is 15.6. The zero-order valence-corrected chi connectivity index (χ0v) is 54.5. The lowest BCUT2D eigenvalue weighted by Gasteiger charge is -2.38. The average Bonchev–Trinajstić information content (AvgIpc) is 1.54. The summed E-state index contributed by atoms with van der Waals surface area (Å²) in [5, 5.41) is 1.61. The molecule has 8 heterocycles. The summed E-state index contributed by atoms with van der Waals surface area (Å²) in [5.41, 5.74) is 0.512. The van der Waals surface area contributed by atoms with Crippen molar-refractivity contribution in [1.29, 1.82) is 0 Å². The summed E-state index contributed by atoms with van der Waals surface area (Å²) in [6, 6.07) is 17.4. The monoisotopic (exact) mass is 1290 g/mol. The molecule has 24 heteroatoms. The molecule has 2 aromatic heterocycles. The zero-order valence-electron chi connectivity index (χ0n) is 53.7. The van der Waals surface area contributed by atoms with E-state index in [2.05, 4.69) is 34.6 Å². The van der Waals surface area contributed by atoms with E-state index >= 15 is 4.39 Å². The molecule has 6 fully saturated rings. The van der Waals surface area contributed by atoms with Crippen molar-refractivity contribution in [2.24, 2.45) is 0 Å². The quantitative estimate of drug-likeness (QED) is 0.0897. The maximum Gasteiger partial charge on any atom is 0.508 e. The molecule has 20 nitrogen and oxygen atoms in total. The number of benzene rings is 3. The number of halogens is 4. The first-order chi connectivity index (χ1) is 44.0. The first kappa shape index (κ1) is 66.1. The predicted octanol–water partition coefficient (Wildman–Crippen LogP) is 8.30. The first-order valence-corrected chi connectivity index (χ1v) is 33.0. The number of nitrogens with zero attached hydrogens (tertiary/aromatic N) is 10. The van der Waals surface area contributed by atoms with Gasteiger partial charge in [-0.25, -0.2) is 27.9 Å². The third kappa shape index (κ3) is 16.0. The van der Waals surface area contributed by atoms with Crippen molar-refractivity contribution in [2.45, 2.75) is 147 Å². The molecule has 5 aromatic rings. The van der Waals surface area contributed by atoms with Gasteiger partial charge < -0.3 is 38.8 Å². The van der Waals surface area contributed by atoms with Gasteiger partial charge in [0.1, 0.15) is 59.0 Å². The number of carbonyl (C=O) groups is 5. The van der Waals surface area contributed by atoms with E-state index < -0.39 is 52.7 Å². The second-order valence-electron chi connectivity index (χ2n) is 27.5. The molecule has 1 unspecified atom stereocenters. The van der Waals surface area contributed by atoms with Crippen LogP contribution in [-0.4, -0.2) is 212 Å². The lowest BCUT2D eigenvalue weighted by atomic mass is 9.89. The van der Waals surface area contributed by atoms with Crippen molar-refractivity contribution in [3.8, 4) is 0 Å². The number of nitrogens with one attached hydrogen (secondary N) is 2. The number of aromatic amines is 1. The van der Waals surface area contributed by atoms with Crippen LogP contribution in [0.1, 0.15) is 138 Å². The van der Waals surface area contributed by atoms with Crippen molar-refractivity contribution in [1.82, 2.24) is 49.3 Å². The topological polar surface area (TPSA) is 194 Å². The minimum absolute atomic E-state index is 0.0258. The van der Waals surface area contributed by atoms with Crippen LogP contribution in [0, 0.1) is 17.5 Å². The standard InChI is InChI=1S/C68H86ClF3N12O8/c1-66(2,3)91-64(88)83(41-48-11-15-50(70)39-56(48)72)43-59(86)82-26-7-8-47(40-82)46-12-16-55(71)54(38-46)62(87)81-30-20-52(21-31-81)90-51-18-27-78(28-19-51)42-58(85)79-36-34-77(35-37-79)29-22-57(45-9-13-49(69)14-10-45)76-63-68(84(63)65(89)92-67(4,5)6)23-32-80(33-24-68)61-53-17-25-73-60(53)74-44-75-61/h9-17,25,38-39,44,47,51-52,57H,7-8,18-24,26-37,40-43H2,1-6H3,(H,73,74,75)/p+1/t47?,57-,84?/m0/s1. The number of hydrogen-bond donors (Lipinski definition) is 2. The third-order valence-electron chi connectivity index (χ3n) is 18.7. The molecule has 6 saturated heterocycles. The molecule has 92 heavy (non-hydrogen) atoms. The molecule has 0 bridgehead atoms. The fraction of sp³-hybridized carbons (Fsp3) is 0.559. The Morgan fingerprint density at radius 1 is 0.728 bits per heavy atom. The molecule has 3 aromatic carbocycles. The van der Waals surface area contributed by atoms with Gasteiger partial charge in [0.05, 0.1) is 36.2 Å². The van der Waals surface area contributed by atoms with E-state index in [9.17, 15) is 32.8 Å². The molecule has 0 radical (unpaired) electrons. The number of carbonyl (C=O) groups excluding carboxylic acids is 5. The van der Waals surface area contributed by atoms with Crippen LogP contribution in [-0.2, 0) is 30.3 Å². The normalized spacial score (nSPS) is 20.4. The van der Waals surface area contributed by atoms with Crippen molar-refractivity contribution >= 4 is 64.2 Å². The number of aromatic nitrogens is 3. The molecule has 5 amide bonds. The van der Waals surface area contributed by atoms with E-state index in [1.807, 2.05) is 67.1 Å². The highest BCUT2D eigenvalue weighted by Crippen LogP contribution is 2.45. The molecule has 11 rings (SSSR count). The molecule has 6 aliphatic rings. The van der Waals surface area contributed by atoms with Gasteiger partial charge in [-0.05, 0) is 128 Å². The number of ether oxygens (including phenoxy) is 3. The summed E-state index contributed by atoms with van der Waals surface area (Å²) in [6.07, 6.45) is 8.53. The number of likely N-dealkylation sites (tertiary alicyclic amines) is 3. The van der Waals surface area contributed by atoms with E-state index in [1.54, 1.807) is 49.0 Å². The average molecular weight is 1290 g/mol. The van der Waals surface area contributed by atoms with E-state index in [-0.39, 0.29) is 66.3 Å². The fourth-order valence-electron chi connectivity index (χ4n) is 13.7. The summed E-state index contributed by atoms with van der Waals surface area (Å²) in [4.78, 5) is 100. The number of amides is 5. The van der Waals surface area contributed by atoms with Gasteiger partial charge in [-0.3, -0.25) is 34.1 Å². The first-order valence-electron chi connectivity index (χ1n) is 32.6. The van der Waals surface area contributed by atoms with Crippen LogP contribution in [0.2, 0.25) is 5.02 Å². The minimum Gasteiger partial charge on any atom is -0.444 e. The van der Waals surface area contributed by atoms with E-state index in [0.29, 0.717) is 95.9 Å². The Hall–Kier alpha value is -7.34. The van der Waals surface area contributed by atoms with Crippen LogP contribution in [0.15, 0.2) is 79.3 Å². The second-order valence-corrected chi connectivity index (χ2v) is 27.9. The number of H-pyrrole nitrogens is 1. The number of amidine groups is 1. The van der Waals surface area contributed by atoms with Crippen molar-refractivity contribution in [2.75, 3.05) is 103 Å². The molecule has 494 valence electrons. The number of rotatable bonds is 16. The molecule has 0 saturated carbocycles. The Bertz CT molecular complexity index is 3490. The van der Waals surface area contributed by atoms with E-state index in [4.69, 9.17) is 25.8 Å². The number of piperidine rings is 4. The van der Waals surface area contributed by atoms with Gasteiger partial charge in [0, 0.05) is 133 Å². The van der Waals surface area contributed by atoms with Gasteiger partial charge in [-0.2, -0.15) is 4.79 Å². The minimum atomic E-state index is -0.893. The number of piperazine rings is 1. The second kappa shape index (κ2) is 28.1. The predicted molar refractivity (Wildman–Crippen MR) is 341 cm³/mol.